The Morgan fingerprint density at radius 1 is 1.54 bits per heavy atom. The summed E-state index contributed by atoms with van der Waals surface area (Å²) in [7, 11) is 0. The minimum Gasteiger partial charge on any atom is -0.351 e. The van der Waals surface area contributed by atoms with Crippen molar-refractivity contribution in [3.63, 3.8) is 0 Å². The van der Waals surface area contributed by atoms with Gasteiger partial charge in [0.05, 0.1) is 0 Å². The van der Waals surface area contributed by atoms with Crippen LogP contribution in [0.3, 0.4) is 0 Å². The number of carbonyl (C=O) groups is 1. The lowest BCUT2D eigenvalue weighted by Gasteiger charge is -2.28. The second-order valence-corrected chi connectivity index (χ2v) is 3.99. The van der Waals surface area contributed by atoms with Crippen molar-refractivity contribution < 1.29 is 9.18 Å². The van der Waals surface area contributed by atoms with Gasteiger partial charge in [0.25, 0.3) is 5.91 Å². The number of hydrogen-bond acceptors (Lipinski definition) is 2. The maximum atomic E-state index is 13.9. The number of carbonyl (C=O) groups excluding carboxylic acids is 1. The zero-order chi connectivity index (χ0) is 9.31. The van der Waals surface area contributed by atoms with Crippen molar-refractivity contribution in [3.8, 4) is 0 Å². The van der Waals surface area contributed by atoms with E-state index in [2.05, 4.69) is 10.6 Å². The molecule has 13 heavy (non-hydrogen) atoms. The molecule has 0 aromatic carbocycles. The van der Waals surface area contributed by atoms with Crippen LogP contribution < -0.4 is 10.6 Å². The first kappa shape index (κ1) is 8.94. The third-order valence-electron chi connectivity index (χ3n) is 2.65. The zero-order valence-corrected chi connectivity index (χ0v) is 7.61. The quantitative estimate of drug-likeness (QED) is 0.653. The summed E-state index contributed by atoms with van der Waals surface area (Å²) < 4.78 is 13.9. The van der Waals surface area contributed by atoms with E-state index in [1.54, 1.807) is 0 Å². The van der Waals surface area contributed by atoms with Gasteiger partial charge in [-0.3, -0.25) is 4.79 Å². The highest BCUT2D eigenvalue weighted by molar-refractivity contribution is 5.86. The van der Waals surface area contributed by atoms with E-state index in [-0.39, 0.29) is 12.6 Å². The van der Waals surface area contributed by atoms with Crippen LogP contribution in [0, 0.1) is 0 Å². The highest BCUT2D eigenvalue weighted by Crippen LogP contribution is 2.24. The largest absolute Gasteiger partial charge is 0.351 e. The number of rotatable bonds is 2. The van der Waals surface area contributed by atoms with Gasteiger partial charge in [-0.25, -0.2) is 4.39 Å². The summed E-state index contributed by atoms with van der Waals surface area (Å²) in [6.07, 6.45) is 3.12. The Hall–Kier alpha value is -0.640. The van der Waals surface area contributed by atoms with Gasteiger partial charge in [-0.1, -0.05) is 0 Å². The van der Waals surface area contributed by atoms with Gasteiger partial charge in [0.2, 0.25) is 5.67 Å². The Morgan fingerprint density at radius 3 is 2.85 bits per heavy atom. The van der Waals surface area contributed by atoms with E-state index in [1.807, 2.05) is 0 Å². The van der Waals surface area contributed by atoms with Gasteiger partial charge in [0.1, 0.15) is 0 Å². The first-order chi connectivity index (χ1) is 6.21. The molecular weight excluding hydrogens is 171 g/mol. The molecule has 0 spiro atoms. The van der Waals surface area contributed by atoms with Crippen molar-refractivity contribution in [2.75, 3.05) is 13.1 Å². The number of hydrogen-bond donors (Lipinski definition) is 2. The Bertz CT molecular complexity index is 210. The van der Waals surface area contributed by atoms with Crippen LogP contribution in [0.4, 0.5) is 4.39 Å². The molecule has 1 saturated carbocycles. The summed E-state index contributed by atoms with van der Waals surface area (Å²) in [4.78, 5) is 11.4. The lowest BCUT2D eigenvalue weighted by atomic mass is 9.95. The molecule has 2 N–H and O–H groups in total. The minimum atomic E-state index is -1.65. The zero-order valence-electron chi connectivity index (χ0n) is 7.61. The average molecular weight is 186 g/mol. The van der Waals surface area contributed by atoms with Crippen LogP contribution in [0.25, 0.3) is 0 Å². The number of amides is 1. The SMILES string of the molecule is O=C(NC1CC1)C1(F)CCCNC1. The van der Waals surface area contributed by atoms with Crippen molar-refractivity contribution in [1.82, 2.24) is 10.6 Å². The monoisotopic (exact) mass is 186 g/mol. The van der Waals surface area contributed by atoms with Crippen LogP contribution in [0.2, 0.25) is 0 Å². The van der Waals surface area contributed by atoms with Crippen LogP contribution in [0.1, 0.15) is 25.7 Å². The van der Waals surface area contributed by atoms with Gasteiger partial charge in [-0.05, 0) is 32.2 Å². The molecule has 0 radical (unpaired) electrons. The standard InChI is InChI=1S/C9H15FN2O/c10-9(4-1-5-11-6-9)8(13)12-7-2-3-7/h7,11H,1-6H2,(H,12,13). The summed E-state index contributed by atoms with van der Waals surface area (Å²) in [6, 6.07) is 0.252. The average Bonchev–Trinajstić information content (AvgIpc) is 2.89. The van der Waals surface area contributed by atoms with Crippen LogP contribution in [0.5, 0.6) is 0 Å². The molecule has 1 amide bonds. The summed E-state index contributed by atoms with van der Waals surface area (Å²) in [5.41, 5.74) is -1.65. The Labute approximate surface area is 77.1 Å². The predicted molar refractivity (Wildman–Crippen MR) is 47.1 cm³/mol. The fraction of sp³-hybridized carbons (Fsp3) is 0.889. The molecule has 1 aliphatic heterocycles. The van der Waals surface area contributed by atoms with Crippen molar-refractivity contribution in [1.29, 1.82) is 0 Å². The highest BCUT2D eigenvalue weighted by atomic mass is 19.1. The molecular formula is C9H15FN2O. The molecule has 1 heterocycles. The van der Waals surface area contributed by atoms with Crippen molar-refractivity contribution in [2.24, 2.45) is 0 Å². The first-order valence-electron chi connectivity index (χ1n) is 4.91. The molecule has 2 aliphatic rings. The number of halogens is 1. The van der Waals surface area contributed by atoms with Crippen LogP contribution in [0.15, 0.2) is 0 Å². The van der Waals surface area contributed by atoms with Gasteiger partial charge >= 0.3 is 0 Å². The molecule has 4 heteroatoms. The molecule has 3 nitrogen and oxygen atoms in total. The number of piperidine rings is 1. The molecule has 2 rings (SSSR count). The van der Waals surface area contributed by atoms with E-state index in [1.165, 1.54) is 0 Å². The van der Waals surface area contributed by atoms with Crippen LogP contribution in [-0.2, 0) is 4.79 Å². The Morgan fingerprint density at radius 2 is 2.31 bits per heavy atom. The van der Waals surface area contributed by atoms with E-state index < -0.39 is 11.6 Å². The summed E-state index contributed by atoms with van der Waals surface area (Å²) in [5, 5.41) is 5.62. The molecule has 0 aromatic heterocycles. The molecule has 0 aromatic rings. The minimum absolute atomic E-state index is 0.172. The van der Waals surface area contributed by atoms with Gasteiger partial charge < -0.3 is 10.6 Å². The number of nitrogens with one attached hydrogen (secondary N) is 2. The van der Waals surface area contributed by atoms with Gasteiger partial charge in [-0.15, -0.1) is 0 Å². The smallest absolute Gasteiger partial charge is 0.259 e. The second-order valence-electron chi connectivity index (χ2n) is 3.99. The van der Waals surface area contributed by atoms with E-state index in [9.17, 15) is 9.18 Å². The molecule has 1 saturated heterocycles. The van der Waals surface area contributed by atoms with E-state index >= 15 is 0 Å². The third kappa shape index (κ3) is 1.99. The molecule has 1 atom stereocenters. The normalized spacial score (nSPS) is 34.2. The van der Waals surface area contributed by atoms with Gasteiger partial charge in [-0.2, -0.15) is 0 Å². The molecule has 74 valence electrons. The maximum Gasteiger partial charge on any atom is 0.259 e. The van der Waals surface area contributed by atoms with Gasteiger partial charge in [0.15, 0.2) is 0 Å². The Kier molecular flexibility index (Phi) is 2.24. The highest BCUT2D eigenvalue weighted by Gasteiger charge is 2.41. The summed E-state index contributed by atoms with van der Waals surface area (Å²) >= 11 is 0. The van der Waals surface area contributed by atoms with Crippen LogP contribution in [-0.4, -0.2) is 30.7 Å². The van der Waals surface area contributed by atoms with Crippen LogP contribution >= 0.6 is 0 Å². The lowest BCUT2D eigenvalue weighted by Crippen LogP contribution is -2.53. The molecule has 1 aliphatic carbocycles. The van der Waals surface area contributed by atoms with Crippen molar-refractivity contribution in [3.05, 3.63) is 0 Å². The third-order valence-corrected chi connectivity index (χ3v) is 2.65. The summed E-state index contributed by atoms with van der Waals surface area (Å²) in [6.45, 7) is 0.994. The fourth-order valence-electron chi connectivity index (χ4n) is 1.60. The maximum absolute atomic E-state index is 13.9. The van der Waals surface area contributed by atoms with E-state index in [4.69, 9.17) is 0 Å². The lowest BCUT2D eigenvalue weighted by molar-refractivity contribution is -0.134. The molecule has 1 unspecified atom stereocenters. The predicted octanol–water partition coefficient (Wildman–Crippen LogP) is 0.357. The number of alkyl halides is 1. The van der Waals surface area contributed by atoms with Gasteiger partial charge in [0, 0.05) is 12.6 Å². The molecule has 0 bridgehead atoms. The van der Waals surface area contributed by atoms with E-state index in [0.717, 1.165) is 25.8 Å². The Balaban J connectivity index is 1.90. The topological polar surface area (TPSA) is 41.1 Å². The van der Waals surface area contributed by atoms with Crippen molar-refractivity contribution in [2.45, 2.75) is 37.4 Å². The second kappa shape index (κ2) is 3.25. The van der Waals surface area contributed by atoms with Crippen molar-refractivity contribution >= 4 is 5.91 Å². The first-order valence-corrected chi connectivity index (χ1v) is 4.91. The van der Waals surface area contributed by atoms with E-state index in [0.29, 0.717) is 6.42 Å². The fourth-order valence-corrected chi connectivity index (χ4v) is 1.60. The summed E-state index contributed by atoms with van der Waals surface area (Å²) in [5.74, 6) is -0.415. The molecule has 2 fully saturated rings.